The average molecular weight is 339 g/mol. The van der Waals surface area contributed by atoms with Gasteiger partial charge < -0.3 is 0 Å². The average Bonchev–Trinajstić information content (AvgIpc) is 2.79. The number of nitrogens with zero attached hydrogens (tertiary/aromatic N) is 3. The molecule has 0 saturated heterocycles. The first-order chi connectivity index (χ1) is 11.4. The molecular weight excluding hydrogens is 318 g/mol. The highest BCUT2D eigenvalue weighted by Crippen LogP contribution is 2.28. The molecule has 0 atom stereocenters. The molecule has 1 aromatic carbocycles. The number of fused-ring (bicyclic) bond motifs is 1. The molecule has 1 aliphatic heterocycles. The lowest BCUT2D eigenvalue weighted by Gasteiger charge is -2.19. The predicted molar refractivity (Wildman–Crippen MR) is 97.3 cm³/mol. The third-order valence-electron chi connectivity index (χ3n) is 4.28. The summed E-state index contributed by atoms with van der Waals surface area (Å²) in [5.74, 6) is 0.959. The number of hydrogen-bond acceptors (Lipinski definition) is 4. The van der Waals surface area contributed by atoms with Gasteiger partial charge in [-0.3, -0.25) is 9.36 Å². The molecule has 1 aliphatic rings. The van der Waals surface area contributed by atoms with E-state index in [1.54, 1.807) is 16.3 Å². The van der Waals surface area contributed by atoms with Crippen LogP contribution in [0.25, 0.3) is 11.3 Å². The van der Waals surface area contributed by atoms with Crippen LogP contribution < -0.4 is 5.56 Å². The molecule has 124 valence electrons. The van der Waals surface area contributed by atoms with Crippen molar-refractivity contribution in [3.8, 4) is 17.3 Å². The van der Waals surface area contributed by atoms with Crippen molar-refractivity contribution in [1.29, 1.82) is 5.26 Å². The summed E-state index contributed by atoms with van der Waals surface area (Å²) in [4.78, 5) is 17.4. The van der Waals surface area contributed by atoms with Crippen LogP contribution in [-0.2, 0) is 12.0 Å². The molecule has 0 unspecified atom stereocenters. The fraction of sp³-hybridized carbons (Fsp3) is 0.421. The summed E-state index contributed by atoms with van der Waals surface area (Å²) in [6.07, 6.45) is 2.01. The molecule has 0 N–H and O–H groups in total. The highest BCUT2D eigenvalue weighted by molar-refractivity contribution is 7.99. The van der Waals surface area contributed by atoms with Crippen LogP contribution in [0.15, 0.2) is 34.2 Å². The van der Waals surface area contributed by atoms with Gasteiger partial charge in [0.05, 0.1) is 5.69 Å². The Morgan fingerprint density at radius 2 is 1.92 bits per heavy atom. The monoisotopic (exact) mass is 339 g/mol. The lowest BCUT2D eigenvalue weighted by atomic mass is 9.86. The van der Waals surface area contributed by atoms with Crippen LogP contribution in [0, 0.1) is 11.3 Å². The van der Waals surface area contributed by atoms with Crippen LogP contribution in [0.4, 0.5) is 0 Å². The van der Waals surface area contributed by atoms with Gasteiger partial charge in [0.25, 0.3) is 5.56 Å². The van der Waals surface area contributed by atoms with Crippen molar-refractivity contribution in [1.82, 2.24) is 9.55 Å². The van der Waals surface area contributed by atoms with Crippen molar-refractivity contribution in [2.24, 2.45) is 0 Å². The summed E-state index contributed by atoms with van der Waals surface area (Å²) < 4.78 is 1.66. The van der Waals surface area contributed by atoms with Crippen molar-refractivity contribution in [3.05, 3.63) is 45.7 Å². The molecule has 0 bridgehead atoms. The van der Waals surface area contributed by atoms with Crippen molar-refractivity contribution >= 4 is 11.8 Å². The Balaban J connectivity index is 2.14. The number of nitriles is 1. The molecule has 3 rings (SSSR count). The van der Waals surface area contributed by atoms with Gasteiger partial charge in [-0.25, -0.2) is 4.98 Å². The summed E-state index contributed by atoms with van der Waals surface area (Å²) in [7, 11) is 0. The van der Waals surface area contributed by atoms with E-state index in [0.29, 0.717) is 12.2 Å². The van der Waals surface area contributed by atoms with Crippen molar-refractivity contribution < 1.29 is 0 Å². The lowest BCUT2D eigenvalue weighted by Crippen LogP contribution is -2.26. The largest absolute Gasteiger partial charge is 0.286 e. The summed E-state index contributed by atoms with van der Waals surface area (Å²) in [5.41, 5.74) is 2.53. The molecule has 5 heteroatoms. The maximum Gasteiger partial charge on any atom is 0.272 e. The van der Waals surface area contributed by atoms with E-state index in [4.69, 9.17) is 0 Å². The van der Waals surface area contributed by atoms with Gasteiger partial charge in [0.1, 0.15) is 11.6 Å². The first kappa shape index (κ1) is 16.8. The molecule has 0 aliphatic carbocycles. The molecule has 0 amide bonds. The van der Waals surface area contributed by atoms with E-state index in [1.807, 2.05) is 12.1 Å². The Morgan fingerprint density at radius 3 is 2.54 bits per heavy atom. The zero-order valence-electron chi connectivity index (χ0n) is 14.3. The second kappa shape index (κ2) is 6.45. The first-order valence-corrected chi connectivity index (χ1v) is 9.19. The number of benzene rings is 1. The first-order valence-electron chi connectivity index (χ1n) is 8.20. The van der Waals surface area contributed by atoms with Crippen LogP contribution in [0.2, 0.25) is 0 Å². The van der Waals surface area contributed by atoms with Crippen molar-refractivity contribution in [3.63, 3.8) is 0 Å². The van der Waals surface area contributed by atoms with E-state index in [9.17, 15) is 10.1 Å². The number of thioether (sulfide) groups is 1. The van der Waals surface area contributed by atoms with Gasteiger partial charge >= 0.3 is 0 Å². The molecule has 0 fully saturated rings. The Kier molecular flexibility index (Phi) is 4.51. The summed E-state index contributed by atoms with van der Waals surface area (Å²) in [5, 5.41) is 10.2. The van der Waals surface area contributed by atoms with E-state index >= 15 is 0 Å². The smallest absolute Gasteiger partial charge is 0.272 e. The minimum Gasteiger partial charge on any atom is -0.286 e. The fourth-order valence-electron chi connectivity index (χ4n) is 2.82. The van der Waals surface area contributed by atoms with Crippen LogP contribution in [0.3, 0.4) is 0 Å². The Hall–Kier alpha value is -2.06. The normalized spacial score (nSPS) is 14.6. The second-order valence-electron chi connectivity index (χ2n) is 7.07. The molecule has 4 nitrogen and oxygen atoms in total. The van der Waals surface area contributed by atoms with E-state index < -0.39 is 0 Å². The molecular formula is C19H21N3OS. The van der Waals surface area contributed by atoms with E-state index in [1.165, 1.54) is 5.56 Å². The SMILES string of the molecule is CC(C)(C)c1ccc(-c2nc3n(c(=O)c2C#N)CCCCS3)cc1. The number of rotatable bonds is 1. The number of hydrogen-bond donors (Lipinski definition) is 0. The van der Waals surface area contributed by atoms with Crippen LogP contribution >= 0.6 is 11.8 Å². The second-order valence-corrected chi connectivity index (χ2v) is 8.13. The molecule has 2 heterocycles. The minimum atomic E-state index is -0.216. The Morgan fingerprint density at radius 1 is 1.21 bits per heavy atom. The molecule has 2 aromatic rings. The van der Waals surface area contributed by atoms with E-state index in [2.05, 4.69) is 44.0 Å². The standard InChI is InChI=1S/C19H21N3OS/c1-19(2,3)14-8-6-13(7-9-14)16-15(12-20)17(23)22-10-4-5-11-24-18(22)21-16/h6-9H,4-5,10-11H2,1-3H3. The van der Waals surface area contributed by atoms with Gasteiger partial charge in [0.15, 0.2) is 5.16 Å². The van der Waals surface area contributed by atoms with Crippen LogP contribution in [0.5, 0.6) is 0 Å². The fourth-order valence-corrected chi connectivity index (χ4v) is 3.83. The molecule has 24 heavy (non-hydrogen) atoms. The Bertz CT molecular complexity index is 854. The van der Waals surface area contributed by atoms with Crippen molar-refractivity contribution in [2.45, 2.75) is 50.7 Å². The van der Waals surface area contributed by atoms with Crippen molar-refractivity contribution in [2.75, 3.05) is 5.75 Å². The highest BCUT2D eigenvalue weighted by atomic mass is 32.2. The number of aromatic nitrogens is 2. The molecule has 1 aromatic heterocycles. The quantitative estimate of drug-likeness (QED) is 0.738. The molecule has 0 saturated carbocycles. The lowest BCUT2D eigenvalue weighted by molar-refractivity contribution is 0.563. The van der Waals surface area contributed by atoms with Gasteiger partial charge in [-0.05, 0) is 23.8 Å². The van der Waals surface area contributed by atoms with Crippen LogP contribution in [-0.4, -0.2) is 15.3 Å². The topological polar surface area (TPSA) is 58.7 Å². The van der Waals surface area contributed by atoms with Gasteiger partial charge in [0.2, 0.25) is 0 Å². The van der Waals surface area contributed by atoms with E-state index in [0.717, 1.165) is 29.3 Å². The summed E-state index contributed by atoms with van der Waals surface area (Å²) in [6, 6.07) is 10.1. The third kappa shape index (κ3) is 3.11. The van der Waals surface area contributed by atoms with E-state index in [-0.39, 0.29) is 16.5 Å². The summed E-state index contributed by atoms with van der Waals surface area (Å²) >= 11 is 1.60. The zero-order valence-corrected chi connectivity index (χ0v) is 15.1. The summed E-state index contributed by atoms with van der Waals surface area (Å²) in [6.45, 7) is 7.12. The maximum atomic E-state index is 12.7. The highest BCUT2D eigenvalue weighted by Gasteiger charge is 2.20. The van der Waals surface area contributed by atoms with Crippen LogP contribution in [0.1, 0.15) is 44.7 Å². The van der Waals surface area contributed by atoms with Gasteiger partial charge in [-0.2, -0.15) is 5.26 Å². The van der Waals surface area contributed by atoms with Gasteiger partial charge in [-0.15, -0.1) is 0 Å². The Labute approximate surface area is 146 Å². The zero-order chi connectivity index (χ0) is 17.3. The molecule has 0 spiro atoms. The third-order valence-corrected chi connectivity index (χ3v) is 5.34. The van der Waals surface area contributed by atoms with Gasteiger partial charge in [-0.1, -0.05) is 56.8 Å². The molecule has 0 radical (unpaired) electrons. The minimum absolute atomic E-state index is 0.0627. The maximum absolute atomic E-state index is 12.7. The van der Waals surface area contributed by atoms with Gasteiger partial charge in [0, 0.05) is 17.9 Å². The predicted octanol–water partition coefficient (Wildman–Crippen LogP) is 3.97.